The van der Waals surface area contributed by atoms with Crippen LogP contribution < -0.4 is 9.80 Å². The second-order valence-electron chi connectivity index (χ2n) is 20.4. The van der Waals surface area contributed by atoms with Crippen molar-refractivity contribution in [1.82, 2.24) is 0 Å². The molecular weight excluding hydrogens is 725 g/mol. The van der Waals surface area contributed by atoms with Gasteiger partial charge >= 0.3 is 0 Å². The van der Waals surface area contributed by atoms with Gasteiger partial charge in [0.05, 0.1) is 11.1 Å². The van der Waals surface area contributed by atoms with Crippen LogP contribution in [0.3, 0.4) is 0 Å². The lowest BCUT2D eigenvalue weighted by Gasteiger charge is -2.52. The summed E-state index contributed by atoms with van der Waals surface area (Å²) in [4.78, 5) is 5.39. The lowest BCUT2D eigenvalue weighted by molar-refractivity contribution is 0.154. The van der Waals surface area contributed by atoms with Crippen molar-refractivity contribution in [3.05, 3.63) is 157 Å². The number of nitrogens with zero attached hydrogens (tertiary/aromatic N) is 2. The average molecular weight is 781 g/mol. The Balaban J connectivity index is 1.01. The largest absolute Gasteiger partial charge is 0.334 e. The highest BCUT2D eigenvalue weighted by molar-refractivity contribution is 6.27. The molecule has 6 unspecified atom stereocenters. The highest BCUT2D eigenvalue weighted by atomic mass is 15.3. The van der Waals surface area contributed by atoms with Gasteiger partial charge in [-0.3, -0.25) is 0 Å². The third kappa shape index (κ3) is 4.66. The van der Waals surface area contributed by atoms with Gasteiger partial charge in [0.15, 0.2) is 0 Å². The molecule has 2 heteroatoms. The van der Waals surface area contributed by atoms with Gasteiger partial charge in [-0.05, 0) is 178 Å². The van der Waals surface area contributed by atoms with Crippen LogP contribution in [0.2, 0.25) is 0 Å². The molecule has 0 spiro atoms. The van der Waals surface area contributed by atoms with Crippen molar-refractivity contribution >= 4 is 55.1 Å². The van der Waals surface area contributed by atoms with Crippen LogP contribution in [0.15, 0.2) is 146 Å². The van der Waals surface area contributed by atoms with Crippen LogP contribution in [0.4, 0.5) is 22.7 Å². The molecule has 6 atom stereocenters. The predicted octanol–water partition coefficient (Wildman–Crippen LogP) is 15.9. The van der Waals surface area contributed by atoms with Crippen molar-refractivity contribution in [1.29, 1.82) is 0 Å². The molecule has 4 aliphatic rings. The molecule has 60 heavy (non-hydrogen) atoms. The Morgan fingerprint density at radius 2 is 0.850 bits per heavy atom. The van der Waals surface area contributed by atoms with E-state index >= 15 is 0 Å². The first-order valence-corrected chi connectivity index (χ1v) is 22.7. The molecule has 0 bridgehead atoms. The first-order chi connectivity index (χ1) is 29.0. The minimum Gasteiger partial charge on any atom is -0.334 e. The van der Waals surface area contributed by atoms with E-state index in [-0.39, 0.29) is 21.9 Å². The van der Waals surface area contributed by atoms with Gasteiger partial charge < -0.3 is 9.80 Å². The van der Waals surface area contributed by atoms with E-state index in [1.807, 2.05) is 0 Å². The van der Waals surface area contributed by atoms with Crippen molar-refractivity contribution in [3.63, 3.8) is 0 Å². The molecule has 298 valence electrons. The minimum absolute atomic E-state index is 0.00881. The maximum Gasteiger partial charge on any atom is 0.0520 e. The number of hydrogen-bond donors (Lipinski definition) is 0. The van der Waals surface area contributed by atoms with E-state index in [4.69, 9.17) is 0 Å². The minimum atomic E-state index is 0.00881. The topological polar surface area (TPSA) is 6.48 Å². The zero-order chi connectivity index (χ0) is 40.8. The molecule has 12 rings (SSSR count). The number of fused-ring (bicyclic) bond motifs is 6. The molecular formula is C58H56N2. The van der Waals surface area contributed by atoms with Crippen LogP contribution in [-0.4, -0.2) is 11.1 Å². The lowest BCUT2D eigenvalue weighted by atomic mass is 9.59. The maximum atomic E-state index is 2.70. The van der Waals surface area contributed by atoms with Gasteiger partial charge in [-0.25, -0.2) is 0 Å². The molecule has 2 heterocycles. The SMILES string of the molecule is CC1CCC2(C)c3cc(-c4ccc5ccc6c(-c7ccc8c(c7)C7(C)CCC(C)CC7(C)N8c7ccccc7)ccc7ccc4c5c76)ccc3N(c3ccccc3)C2(C)C1. The molecule has 0 saturated heterocycles. The number of hydrogen-bond acceptors (Lipinski definition) is 2. The van der Waals surface area contributed by atoms with E-state index in [2.05, 4.69) is 197 Å². The Morgan fingerprint density at radius 1 is 0.450 bits per heavy atom. The molecule has 2 aliphatic heterocycles. The summed E-state index contributed by atoms with van der Waals surface area (Å²) in [7, 11) is 0. The Morgan fingerprint density at radius 3 is 1.27 bits per heavy atom. The summed E-state index contributed by atoms with van der Waals surface area (Å²) < 4.78 is 0. The zero-order valence-electron chi connectivity index (χ0n) is 36.1. The van der Waals surface area contributed by atoms with Crippen molar-refractivity contribution < 1.29 is 0 Å². The lowest BCUT2D eigenvalue weighted by Crippen LogP contribution is -2.56. The van der Waals surface area contributed by atoms with Gasteiger partial charge in [-0.1, -0.05) is 125 Å². The molecule has 2 saturated carbocycles. The normalized spacial score (nSPS) is 28.3. The van der Waals surface area contributed by atoms with E-state index in [0.29, 0.717) is 11.8 Å². The van der Waals surface area contributed by atoms with E-state index in [9.17, 15) is 0 Å². The van der Waals surface area contributed by atoms with E-state index < -0.39 is 0 Å². The Labute approximate surface area is 356 Å². The van der Waals surface area contributed by atoms with Gasteiger partial charge in [-0.15, -0.1) is 0 Å². The second-order valence-corrected chi connectivity index (χ2v) is 20.4. The standard InChI is InChI=1S/C58H56N2/c1-37-29-31-55(3)49-33-41(21-27-51(49)59(57(55,5)35-37)43-13-9-7-10-14-43)45-23-17-39-20-26-48-46(24-18-40-19-25-47(45)53(39)54(40)48)42-22-28-52-50(34-42)56(4)32-30-38(2)36-58(56,6)60(52)44-15-11-8-12-16-44/h7-28,33-34,37-38H,29-32,35-36H2,1-6H3. The van der Waals surface area contributed by atoms with Crippen molar-refractivity contribution in [2.24, 2.45) is 11.8 Å². The first-order valence-electron chi connectivity index (χ1n) is 22.7. The fraction of sp³-hybridized carbons (Fsp3) is 0.310. The highest BCUT2D eigenvalue weighted by Gasteiger charge is 2.60. The summed E-state index contributed by atoms with van der Waals surface area (Å²) in [6.45, 7) is 15.1. The Bertz CT molecular complexity index is 2800. The Hall–Kier alpha value is -5.60. The zero-order valence-corrected chi connectivity index (χ0v) is 36.1. The molecule has 0 aromatic heterocycles. The fourth-order valence-electron chi connectivity index (χ4n) is 13.7. The van der Waals surface area contributed by atoms with E-state index in [0.717, 1.165) is 0 Å². The summed E-state index contributed by atoms with van der Waals surface area (Å²) in [5, 5.41) is 8.09. The number of rotatable bonds is 4. The van der Waals surface area contributed by atoms with Crippen LogP contribution in [0.1, 0.15) is 91.2 Å². The van der Waals surface area contributed by atoms with E-state index in [1.54, 1.807) is 0 Å². The third-order valence-electron chi connectivity index (χ3n) is 17.1. The third-order valence-corrected chi connectivity index (χ3v) is 17.1. The van der Waals surface area contributed by atoms with Gasteiger partial charge in [-0.2, -0.15) is 0 Å². The quantitative estimate of drug-likeness (QED) is 0.164. The number of para-hydroxylation sites is 2. The van der Waals surface area contributed by atoms with Gasteiger partial charge in [0.25, 0.3) is 0 Å². The van der Waals surface area contributed by atoms with Crippen molar-refractivity contribution in [3.8, 4) is 22.3 Å². The predicted molar refractivity (Wildman–Crippen MR) is 256 cm³/mol. The average Bonchev–Trinajstić information content (AvgIpc) is 3.59. The summed E-state index contributed by atoms with van der Waals surface area (Å²) >= 11 is 0. The van der Waals surface area contributed by atoms with Crippen LogP contribution in [0.5, 0.6) is 0 Å². The molecule has 0 radical (unpaired) electrons. The van der Waals surface area contributed by atoms with Crippen LogP contribution >= 0.6 is 0 Å². The van der Waals surface area contributed by atoms with Crippen LogP contribution in [0.25, 0.3) is 54.6 Å². The first kappa shape index (κ1) is 36.3. The van der Waals surface area contributed by atoms with Crippen LogP contribution in [0, 0.1) is 11.8 Å². The van der Waals surface area contributed by atoms with Gasteiger partial charge in [0.1, 0.15) is 0 Å². The smallest absolute Gasteiger partial charge is 0.0520 e. The van der Waals surface area contributed by atoms with Gasteiger partial charge in [0, 0.05) is 33.6 Å². The second kappa shape index (κ2) is 12.5. The molecule has 0 N–H and O–H groups in total. The summed E-state index contributed by atoms with van der Waals surface area (Å²) in [5.41, 5.74) is 13.8. The van der Waals surface area contributed by atoms with Gasteiger partial charge in [0.2, 0.25) is 0 Å². The highest BCUT2D eigenvalue weighted by Crippen LogP contribution is 2.64. The molecule has 2 aliphatic carbocycles. The summed E-state index contributed by atoms with van der Waals surface area (Å²) in [5.74, 6) is 1.40. The Kier molecular flexibility index (Phi) is 7.54. The molecule has 2 nitrogen and oxygen atoms in total. The summed E-state index contributed by atoms with van der Waals surface area (Å²) in [6.07, 6.45) is 7.33. The summed E-state index contributed by atoms with van der Waals surface area (Å²) in [6, 6.07) is 56.2. The molecule has 0 amide bonds. The monoisotopic (exact) mass is 780 g/mol. The van der Waals surface area contributed by atoms with Crippen LogP contribution in [-0.2, 0) is 10.8 Å². The fourth-order valence-corrected chi connectivity index (χ4v) is 13.7. The molecule has 8 aromatic carbocycles. The van der Waals surface area contributed by atoms with Crippen molar-refractivity contribution in [2.75, 3.05) is 9.80 Å². The van der Waals surface area contributed by atoms with E-state index in [1.165, 1.54) is 127 Å². The van der Waals surface area contributed by atoms with Crippen molar-refractivity contribution in [2.45, 2.75) is 102 Å². The molecule has 8 aromatic rings. The maximum absolute atomic E-state index is 2.70. The number of anilines is 4. The number of benzene rings is 8. The molecule has 2 fully saturated rings.